The maximum absolute atomic E-state index is 13.4. The second-order valence-corrected chi connectivity index (χ2v) is 8.50. The Bertz CT molecular complexity index is 1030. The molecule has 0 bridgehead atoms. The highest BCUT2D eigenvalue weighted by Gasteiger charge is 2.42. The van der Waals surface area contributed by atoms with Crippen LogP contribution in [-0.4, -0.2) is 51.9 Å². The van der Waals surface area contributed by atoms with Crippen molar-refractivity contribution < 1.29 is 32.2 Å². The van der Waals surface area contributed by atoms with Crippen molar-refractivity contribution in [2.75, 3.05) is 32.2 Å². The molecule has 0 aliphatic carbocycles. The first-order chi connectivity index (χ1) is 13.7. The molecule has 2 aromatic carbocycles. The zero-order valence-corrected chi connectivity index (χ0v) is 16.7. The van der Waals surface area contributed by atoms with Gasteiger partial charge in [-0.25, -0.2) is 12.8 Å². The topological polar surface area (TPSA) is 114 Å². The average Bonchev–Trinajstić information content (AvgIpc) is 2.67. The Morgan fingerprint density at radius 2 is 2.00 bits per heavy atom. The summed E-state index contributed by atoms with van der Waals surface area (Å²) < 4.78 is 51.5. The van der Waals surface area contributed by atoms with Gasteiger partial charge in [0.1, 0.15) is 17.1 Å². The third kappa shape index (κ3) is 4.40. The molecule has 3 N–H and O–H groups in total. The van der Waals surface area contributed by atoms with Crippen LogP contribution in [0, 0.1) is 12.7 Å². The van der Waals surface area contributed by atoms with Gasteiger partial charge in [0.25, 0.3) is 5.91 Å². The van der Waals surface area contributed by atoms with E-state index in [0.29, 0.717) is 11.3 Å². The van der Waals surface area contributed by atoms with Gasteiger partial charge in [-0.2, -0.15) is 4.72 Å². The number of aliphatic hydroxyl groups excluding tert-OH is 1. The molecule has 1 saturated heterocycles. The first-order valence-corrected chi connectivity index (χ1v) is 10.2. The summed E-state index contributed by atoms with van der Waals surface area (Å²) in [7, 11) is -2.68. The van der Waals surface area contributed by atoms with Crippen LogP contribution in [0.15, 0.2) is 41.3 Å². The Morgan fingerprint density at radius 3 is 2.55 bits per heavy atom. The molecule has 0 saturated carbocycles. The van der Waals surface area contributed by atoms with Gasteiger partial charge in [0.2, 0.25) is 10.0 Å². The number of halogens is 1. The maximum atomic E-state index is 13.4. The summed E-state index contributed by atoms with van der Waals surface area (Å²) in [6, 6.07) is 7.92. The van der Waals surface area contributed by atoms with Gasteiger partial charge in [-0.3, -0.25) is 4.79 Å². The molecule has 1 fully saturated rings. The van der Waals surface area contributed by atoms with Gasteiger partial charge in [-0.15, -0.1) is 0 Å². The maximum Gasteiger partial charge on any atom is 0.259 e. The van der Waals surface area contributed by atoms with E-state index in [1.54, 1.807) is 6.92 Å². The molecule has 10 heteroatoms. The van der Waals surface area contributed by atoms with Crippen molar-refractivity contribution in [3.8, 4) is 5.75 Å². The van der Waals surface area contributed by atoms with Crippen molar-refractivity contribution in [3.05, 3.63) is 53.3 Å². The van der Waals surface area contributed by atoms with Gasteiger partial charge < -0.3 is 19.9 Å². The Hall–Kier alpha value is -2.53. The predicted molar refractivity (Wildman–Crippen MR) is 103 cm³/mol. The Balaban J connectivity index is 1.90. The summed E-state index contributed by atoms with van der Waals surface area (Å²) in [6.07, 6.45) is 0. The molecule has 1 amide bonds. The largest absolute Gasteiger partial charge is 0.496 e. The van der Waals surface area contributed by atoms with Crippen molar-refractivity contribution in [1.29, 1.82) is 0 Å². The fraction of sp³-hybridized carbons (Fsp3) is 0.316. The Labute approximate surface area is 167 Å². The van der Waals surface area contributed by atoms with Crippen molar-refractivity contribution in [3.63, 3.8) is 0 Å². The van der Waals surface area contributed by atoms with Crippen LogP contribution in [0.5, 0.6) is 5.75 Å². The molecule has 1 aliphatic rings. The van der Waals surface area contributed by atoms with E-state index in [1.807, 2.05) is 0 Å². The van der Waals surface area contributed by atoms with E-state index in [4.69, 9.17) is 9.47 Å². The van der Waals surface area contributed by atoms with Crippen LogP contribution in [-0.2, 0) is 14.8 Å². The molecule has 1 heterocycles. The third-order valence-electron chi connectivity index (χ3n) is 4.55. The van der Waals surface area contributed by atoms with E-state index < -0.39 is 33.9 Å². The smallest absolute Gasteiger partial charge is 0.259 e. The first kappa shape index (κ1) is 21.2. The number of benzene rings is 2. The van der Waals surface area contributed by atoms with Crippen LogP contribution >= 0.6 is 0 Å². The minimum atomic E-state index is -4.03. The first-order valence-electron chi connectivity index (χ1n) is 8.68. The number of nitrogens with one attached hydrogen (secondary N) is 2. The molecule has 0 aromatic heterocycles. The number of carbonyl (C=O) groups excluding carboxylic acids is 1. The normalized spacial score (nSPS) is 15.4. The molecular formula is C19H21FN2O6S. The van der Waals surface area contributed by atoms with Crippen molar-refractivity contribution in [2.24, 2.45) is 0 Å². The molecule has 8 nitrogen and oxygen atoms in total. The highest BCUT2D eigenvalue weighted by atomic mass is 32.2. The quantitative estimate of drug-likeness (QED) is 0.620. The van der Waals surface area contributed by atoms with Crippen LogP contribution < -0.4 is 14.8 Å². The van der Waals surface area contributed by atoms with E-state index in [2.05, 4.69) is 10.0 Å². The molecule has 0 unspecified atom stereocenters. The van der Waals surface area contributed by atoms with Crippen molar-refractivity contribution >= 4 is 21.6 Å². The molecule has 0 spiro atoms. The SMILES string of the molecule is COc1ccc(S(=O)(=O)NC2(CO)COC2)cc1C(=O)Nc1ccc(F)c(C)c1. The number of hydrogen-bond donors (Lipinski definition) is 3. The Morgan fingerprint density at radius 1 is 1.28 bits per heavy atom. The lowest BCUT2D eigenvalue weighted by atomic mass is 10.0. The fourth-order valence-electron chi connectivity index (χ4n) is 2.83. The molecule has 1 aliphatic heterocycles. The minimum Gasteiger partial charge on any atom is -0.496 e. The zero-order chi connectivity index (χ0) is 21.2. The van der Waals surface area contributed by atoms with Crippen LogP contribution in [0.2, 0.25) is 0 Å². The minimum absolute atomic E-state index is 0.0136. The number of ether oxygens (including phenoxy) is 2. The molecule has 0 atom stereocenters. The van der Waals surface area contributed by atoms with Gasteiger partial charge in [-0.05, 0) is 48.9 Å². The monoisotopic (exact) mass is 424 g/mol. The molecule has 2 aromatic rings. The van der Waals surface area contributed by atoms with Crippen LogP contribution in [0.25, 0.3) is 0 Å². The molecule has 29 heavy (non-hydrogen) atoms. The number of methoxy groups -OCH3 is 1. The number of carbonyl (C=O) groups is 1. The second-order valence-electron chi connectivity index (χ2n) is 6.82. The number of aryl methyl sites for hydroxylation is 1. The number of sulfonamides is 1. The van der Waals surface area contributed by atoms with Gasteiger partial charge in [-0.1, -0.05) is 0 Å². The van der Waals surface area contributed by atoms with Gasteiger partial charge in [0.15, 0.2) is 0 Å². The fourth-order valence-corrected chi connectivity index (χ4v) is 4.22. The molecule has 156 valence electrons. The summed E-state index contributed by atoms with van der Waals surface area (Å²) in [6.45, 7) is 1.25. The third-order valence-corrected chi connectivity index (χ3v) is 6.13. The lowest BCUT2D eigenvalue weighted by Crippen LogP contribution is -2.64. The number of rotatable bonds is 7. The molecular weight excluding hydrogens is 403 g/mol. The lowest BCUT2D eigenvalue weighted by Gasteiger charge is -2.39. The highest BCUT2D eigenvalue weighted by molar-refractivity contribution is 7.89. The summed E-state index contributed by atoms with van der Waals surface area (Å²) in [5, 5.41) is 12.1. The summed E-state index contributed by atoms with van der Waals surface area (Å²) >= 11 is 0. The molecule has 0 radical (unpaired) electrons. The Kier molecular flexibility index (Phi) is 5.90. The van der Waals surface area contributed by atoms with E-state index in [9.17, 15) is 22.7 Å². The van der Waals surface area contributed by atoms with Crippen LogP contribution in [0.3, 0.4) is 0 Å². The number of hydrogen-bond acceptors (Lipinski definition) is 6. The van der Waals surface area contributed by atoms with E-state index in [0.717, 1.165) is 0 Å². The predicted octanol–water partition coefficient (Wildman–Crippen LogP) is 1.43. The van der Waals surface area contributed by atoms with Gasteiger partial charge in [0.05, 0.1) is 37.4 Å². The average molecular weight is 424 g/mol. The summed E-state index contributed by atoms with van der Waals surface area (Å²) in [5.74, 6) is -0.851. The summed E-state index contributed by atoms with van der Waals surface area (Å²) in [5.41, 5.74) is -0.381. The number of anilines is 1. The molecule has 3 rings (SSSR count). The van der Waals surface area contributed by atoms with Crippen molar-refractivity contribution in [2.45, 2.75) is 17.4 Å². The van der Waals surface area contributed by atoms with Crippen molar-refractivity contribution in [1.82, 2.24) is 4.72 Å². The van der Waals surface area contributed by atoms with Crippen LogP contribution in [0.1, 0.15) is 15.9 Å². The summed E-state index contributed by atoms with van der Waals surface area (Å²) in [4.78, 5) is 12.5. The van der Waals surface area contributed by atoms with E-state index in [-0.39, 0.29) is 29.4 Å². The number of aliphatic hydroxyl groups is 1. The second kappa shape index (κ2) is 8.07. The standard InChI is InChI=1S/C19H21FN2O6S/c1-12-7-13(3-5-16(12)20)21-18(24)15-8-14(4-6-17(15)27-2)29(25,26)22-19(9-23)10-28-11-19/h3-8,22-23H,9-11H2,1-2H3,(H,21,24). The zero-order valence-electron chi connectivity index (χ0n) is 15.9. The van der Waals surface area contributed by atoms with Gasteiger partial charge >= 0.3 is 0 Å². The number of amides is 1. The van der Waals surface area contributed by atoms with E-state index in [1.165, 1.54) is 43.5 Å². The van der Waals surface area contributed by atoms with Crippen LogP contribution in [0.4, 0.5) is 10.1 Å². The van der Waals surface area contributed by atoms with E-state index >= 15 is 0 Å². The highest BCUT2D eigenvalue weighted by Crippen LogP contribution is 2.26. The lowest BCUT2D eigenvalue weighted by molar-refractivity contribution is -0.0858. The van der Waals surface area contributed by atoms with Gasteiger partial charge in [0, 0.05) is 5.69 Å².